The van der Waals surface area contributed by atoms with Gasteiger partial charge in [-0.2, -0.15) is 0 Å². The maximum atomic E-state index is 12.6. The van der Waals surface area contributed by atoms with Crippen molar-refractivity contribution in [3.8, 4) is 0 Å². The number of aryl methyl sites for hydroxylation is 1. The summed E-state index contributed by atoms with van der Waals surface area (Å²) in [6.07, 6.45) is 3.13. The zero-order valence-electron chi connectivity index (χ0n) is 14.5. The number of ether oxygens (including phenoxy) is 1. The van der Waals surface area contributed by atoms with Crippen molar-refractivity contribution < 1.29 is 14.1 Å². The molecule has 1 saturated heterocycles. The highest BCUT2D eigenvalue weighted by Gasteiger charge is 2.33. The number of benzene rings is 1. The van der Waals surface area contributed by atoms with Crippen molar-refractivity contribution in [1.82, 2.24) is 10.1 Å². The summed E-state index contributed by atoms with van der Waals surface area (Å²) < 4.78 is 11.1. The zero-order valence-corrected chi connectivity index (χ0v) is 14.5. The van der Waals surface area contributed by atoms with Gasteiger partial charge in [0.1, 0.15) is 11.9 Å². The van der Waals surface area contributed by atoms with E-state index in [0.717, 1.165) is 36.3 Å². The van der Waals surface area contributed by atoms with Crippen LogP contribution >= 0.6 is 0 Å². The lowest BCUT2D eigenvalue weighted by Crippen LogP contribution is -2.41. The number of para-hydroxylation sites is 1. The number of carbonyl (C=O) groups excluding carboxylic acids is 1. The number of hydrogen-bond acceptors (Lipinski definition) is 5. The summed E-state index contributed by atoms with van der Waals surface area (Å²) in [7, 11) is 0. The Kier molecular flexibility index (Phi) is 4.44. The first-order valence-corrected chi connectivity index (χ1v) is 8.99. The van der Waals surface area contributed by atoms with Crippen LogP contribution in [-0.2, 0) is 28.9 Å². The van der Waals surface area contributed by atoms with Crippen molar-refractivity contribution in [2.45, 2.75) is 45.3 Å². The van der Waals surface area contributed by atoms with Gasteiger partial charge in [0.05, 0.1) is 12.1 Å². The third-order valence-corrected chi connectivity index (χ3v) is 5.00. The predicted octanol–water partition coefficient (Wildman–Crippen LogP) is 3.04. The third kappa shape index (κ3) is 3.14. The summed E-state index contributed by atoms with van der Waals surface area (Å²) >= 11 is 0. The number of anilines is 2. The lowest BCUT2D eigenvalue weighted by Gasteiger charge is -2.28. The minimum Gasteiger partial charge on any atom is -0.368 e. The first kappa shape index (κ1) is 16.1. The topological polar surface area (TPSA) is 67.6 Å². The average molecular weight is 341 g/mol. The fourth-order valence-corrected chi connectivity index (χ4v) is 3.55. The van der Waals surface area contributed by atoms with Crippen molar-refractivity contribution >= 4 is 17.4 Å². The van der Waals surface area contributed by atoms with Crippen molar-refractivity contribution in [2.75, 3.05) is 18.5 Å². The molecule has 2 aliphatic heterocycles. The first-order chi connectivity index (χ1) is 12.3. The molecule has 4 rings (SSSR count). The van der Waals surface area contributed by atoms with Gasteiger partial charge >= 0.3 is 0 Å². The Labute approximate surface area is 147 Å². The molecule has 2 aliphatic rings. The van der Waals surface area contributed by atoms with E-state index < -0.39 is 0 Å². The maximum Gasteiger partial charge on any atom is 0.252 e. The van der Waals surface area contributed by atoms with Gasteiger partial charge in [0.15, 0.2) is 5.82 Å². The highest BCUT2D eigenvalue weighted by atomic mass is 16.5. The molecular weight excluding hydrogens is 318 g/mol. The molecule has 0 bridgehead atoms. The van der Waals surface area contributed by atoms with Gasteiger partial charge in [0.25, 0.3) is 5.91 Å². The second kappa shape index (κ2) is 6.88. The highest BCUT2D eigenvalue weighted by molar-refractivity contribution is 5.81. The van der Waals surface area contributed by atoms with Crippen molar-refractivity contribution in [2.24, 2.45) is 0 Å². The predicted molar refractivity (Wildman–Crippen MR) is 93.7 cm³/mol. The smallest absolute Gasteiger partial charge is 0.252 e. The number of fused-ring (bicyclic) bond motifs is 1. The van der Waals surface area contributed by atoms with Gasteiger partial charge in [-0.05, 0) is 30.9 Å². The fraction of sp³-hybridized carbons (Fsp3) is 0.474. The normalized spacial score (nSPS) is 19.7. The monoisotopic (exact) mass is 341 g/mol. The van der Waals surface area contributed by atoms with Gasteiger partial charge in [-0.15, -0.1) is 0 Å². The molecule has 1 atom stereocenters. The molecule has 132 valence electrons. The second-order valence-corrected chi connectivity index (χ2v) is 6.58. The Bertz CT molecular complexity index is 765. The van der Waals surface area contributed by atoms with Crippen LogP contribution in [0.1, 0.15) is 36.7 Å². The molecule has 1 amide bonds. The molecule has 1 aromatic carbocycles. The van der Waals surface area contributed by atoms with Crippen LogP contribution in [-0.4, -0.2) is 35.2 Å². The molecule has 25 heavy (non-hydrogen) atoms. The summed E-state index contributed by atoms with van der Waals surface area (Å²) in [5.74, 6) is 1.66. The standard InChI is InChI=1S/C19H23N3O3/c1-2-13-6-3-4-7-15(13)20-18-14-12-22(10-9-16(14)25-21-18)19(23)17-8-5-11-24-17/h3-4,6-7,17H,2,5,8-12H2,1H3,(H,20,21)/t17-/m1/s1. The summed E-state index contributed by atoms with van der Waals surface area (Å²) in [6, 6.07) is 8.17. The number of hydrogen-bond donors (Lipinski definition) is 1. The minimum absolute atomic E-state index is 0.0873. The molecule has 0 aliphatic carbocycles. The molecule has 1 aromatic heterocycles. The molecule has 6 nitrogen and oxygen atoms in total. The Balaban J connectivity index is 1.54. The number of aromatic nitrogens is 1. The summed E-state index contributed by atoms with van der Waals surface area (Å²) in [5.41, 5.74) is 3.23. The van der Waals surface area contributed by atoms with Crippen LogP contribution in [0, 0.1) is 0 Å². The summed E-state index contributed by atoms with van der Waals surface area (Å²) in [5, 5.41) is 7.59. The van der Waals surface area contributed by atoms with Crippen LogP contribution < -0.4 is 5.32 Å². The van der Waals surface area contributed by atoms with Crippen LogP contribution in [0.15, 0.2) is 28.8 Å². The van der Waals surface area contributed by atoms with E-state index in [9.17, 15) is 4.79 Å². The van der Waals surface area contributed by atoms with Gasteiger partial charge < -0.3 is 19.5 Å². The van der Waals surface area contributed by atoms with E-state index in [1.165, 1.54) is 5.56 Å². The number of rotatable bonds is 4. The minimum atomic E-state index is -0.279. The van der Waals surface area contributed by atoms with Gasteiger partial charge in [-0.3, -0.25) is 4.79 Å². The summed E-state index contributed by atoms with van der Waals surface area (Å²) in [6.45, 7) is 3.99. The quantitative estimate of drug-likeness (QED) is 0.926. The van der Waals surface area contributed by atoms with E-state index >= 15 is 0 Å². The van der Waals surface area contributed by atoms with E-state index in [1.807, 2.05) is 23.1 Å². The maximum absolute atomic E-state index is 12.6. The number of nitrogens with one attached hydrogen (secondary N) is 1. The number of amides is 1. The van der Waals surface area contributed by atoms with E-state index in [1.54, 1.807) is 0 Å². The average Bonchev–Trinajstić information content (AvgIpc) is 3.32. The Morgan fingerprint density at radius 3 is 3.08 bits per heavy atom. The Morgan fingerprint density at radius 2 is 2.28 bits per heavy atom. The van der Waals surface area contributed by atoms with Crippen molar-refractivity contribution in [1.29, 1.82) is 0 Å². The SMILES string of the molecule is CCc1ccccc1Nc1noc2c1CN(C(=O)[C@H]1CCCO1)CC2. The van der Waals surface area contributed by atoms with Gasteiger partial charge in [0, 0.05) is 25.3 Å². The van der Waals surface area contributed by atoms with Crippen molar-refractivity contribution in [3.05, 3.63) is 41.2 Å². The Hall–Kier alpha value is -2.34. The lowest BCUT2D eigenvalue weighted by atomic mass is 10.1. The molecular formula is C19H23N3O3. The second-order valence-electron chi connectivity index (χ2n) is 6.58. The molecule has 3 heterocycles. The molecule has 0 saturated carbocycles. The van der Waals surface area contributed by atoms with Crippen LogP contribution in [0.3, 0.4) is 0 Å². The van der Waals surface area contributed by atoms with Gasteiger partial charge in [-0.25, -0.2) is 0 Å². The number of nitrogens with zero attached hydrogens (tertiary/aromatic N) is 2. The summed E-state index contributed by atoms with van der Waals surface area (Å²) in [4.78, 5) is 14.5. The molecule has 2 aromatic rings. The highest BCUT2D eigenvalue weighted by Crippen LogP contribution is 2.30. The zero-order chi connectivity index (χ0) is 17.2. The van der Waals surface area contributed by atoms with Crippen LogP contribution in [0.2, 0.25) is 0 Å². The molecule has 0 spiro atoms. The number of carbonyl (C=O) groups is 1. The van der Waals surface area contributed by atoms with Gasteiger partial charge in [-0.1, -0.05) is 30.3 Å². The van der Waals surface area contributed by atoms with Gasteiger partial charge in [0.2, 0.25) is 0 Å². The van der Waals surface area contributed by atoms with Crippen LogP contribution in [0.5, 0.6) is 0 Å². The molecule has 0 radical (unpaired) electrons. The van der Waals surface area contributed by atoms with E-state index in [4.69, 9.17) is 9.26 Å². The largest absolute Gasteiger partial charge is 0.368 e. The van der Waals surface area contributed by atoms with Crippen LogP contribution in [0.25, 0.3) is 0 Å². The van der Waals surface area contributed by atoms with E-state index in [0.29, 0.717) is 31.9 Å². The molecule has 1 N–H and O–H groups in total. The van der Waals surface area contributed by atoms with Crippen molar-refractivity contribution in [3.63, 3.8) is 0 Å². The van der Waals surface area contributed by atoms with E-state index in [2.05, 4.69) is 23.5 Å². The molecule has 1 fully saturated rings. The first-order valence-electron chi connectivity index (χ1n) is 8.99. The van der Waals surface area contributed by atoms with Crippen LogP contribution in [0.4, 0.5) is 11.5 Å². The molecule has 6 heteroatoms. The Morgan fingerprint density at radius 1 is 1.40 bits per heavy atom. The third-order valence-electron chi connectivity index (χ3n) is 5.00. The molecule has 0 unspecified atom stereocenters. The fourth-order valence-electron chi connectivity index (χ4n) is 3.55. The lowest BCUT2D eigenvalue weighted by molar-refractivity contribution is -0.141. The van der Waals surface area contributed by atoms with E-state index in [-0.39, 0.29) is 12.0 Å².